The molecule has 2 aliphatic rings. The van der Waals surface area contributed by atoms with Crippen LogP contribution in [0.15, 0.2) is 54.6 Å². The number of hydrogen-bond acceptors (Lipinski definition) is 5. The zero-order chi connectivity index (χ0) is 22.3. The van der Waals surface area contributed by atoms with Crippen molar-refractivity contribution < 1.29 is 20.5 Å². The van der Waals surface area contributed by atoms with Gasteiger partial charge in [-0.05, 0) is 61.2 Å². The topological polar surface area (TPSA) is 77.5 Å². The summed E-state index contributed by atoms with van der Waals surface area (Å²) < 4.78 is 10.9. The van der Waals surface area contributed by atoms with Crippen molar-refractivity contribution in [3.63, 3.8) is 0 Å². The summed E-state index contributed by atoms with van der Waals surface area (Å²) in [6.45, 7) is 2.15. The molecular weight excluding hydrogens is 404 g/mol. The largest absolute Gasteiger partial charge is 0.454 e. The van der Waals surface area contributed by atoms with Crippen LogP contribution in [0.1, 0.15) is 41.6 Å². The van der Waals surface area contributed by atoms with Crippen molar-refractivity contribution >= 4 is 11.7 Å². The molecule has 3 aromatic rings. The van der Waals surface area contributed by atoms with Gasteiger partial charge in [0.25, 0.3) is 5.91 Å². The first-order chi connectivity index (χ1) is 15.5. The lowest BCUT2D eigenvalue weighted by Crippen LogP contribution is -2.23. The standard InChI is InChI=1S/C26H24N2O4.H2/c1-16-21(17-4-3-5-18(12-17)25(30)27-2)8-7-20(28-16)14-24(29)26(10-11-26)19-6-9-22-23(13-19)32-15-31-22;/h3-9,12-13H,10-11,14-15H2,1-2H3,(H,27,30);1H. The first kappa shape index (κ1) is 20.2. The first-order valence-electron chi connectivity index (χ1n) is 10.7. The summed E-state index contributed by atoms with van der Waals surface area (Å²) in [6.07, 6.45) is 1.97. The van der Waals surface area contributed by atoms with Crippen LogP contribution in [0.25, 0.3) is 11.1 Å². The number of nitrogens with zero attached hydrogens (tertiary/aromatic N) is 1. The van der Waals surface area contributed by atoms with Crippen molar-refractivity contribution in [3.8, 4) is 22.6 Å². The fourth-order valence-electron chi connectivity index (χ4n) is 4.37. The molecule has 1 N–H and O–H groups in total. The average molecular weight is 431 g/mol. The Balaban J connectivity index is 0.00000259. The Morgan fingerprint density at radius 3 is 2.62 bits per heavy atom. The van der Waals surface area contributed by atoms with E-state index in [1.54, 1.807) is 13.1 Å². The van der Waals surface area contributed by atoms with Gasteiger partial charge in [-0.1, -0.05) is 24.3 Å². The number of ether oxygens (including phenoxy) is 2. The van der Waals surface area contributed by atoms with Crippen LogP contribution in [0.3, 0.4) is 0 Å². The highest BCUT2D eigenvalue weighted by Gasteiger charge is 2.51. The highest BCUT2D eigenvalue weighted by Crippen LogP contribution is 2.51. The Kier molecular flexibility index (Phi) is 4.93. The molecule has 1 aromatic heterocycles. The lowest BCUT2D eigenvalue weighted by Gasteiger charge is -2.16. The van der Waals surface area contributed by atoms with E-state index < -0.39 is 5.41 Å². The van der Waals surface area contributed by atoms with Gasteiger partial charge >= 0.3 is 0 Å². The lowest BCUT2D eigenvalue weighted by atomic mass is 9.88. The van der Waals surface area contributed by atoms with Gasteiger partial charge in [-0.2, -0.15) is 0 Å². The van der Waals surface area contributed by atoms with Crippen LogP contribution in [0, 0.1) is 6.92 Å². The van der Waals surface area contributed by atoms with Gasteiger partial charge < -0.3 is 14.8 Å². The summed E-state index contributed by atoms with van der Waals surface area (Å²) in [5.74, 6) is 1.49. The minimum atomic E-state index is -0.447. The predicted molar refractivity (Wildman–Crippen MR) is 122 cm³/mol. The monoisotopic (exact) mass is 430 g/mol. The second-order valence-corrected chi connectivity index (χ2v) is 8.35. The van der Waals surface area contributed by atoms with E-state index in [2.05, 4.69) is 5.32 Å². The van der Waals surface area contributed by atoms with Crippen molar-refractivity contribution in [3.05, 3.63) is 77.1 Å². The van der Waals surface area contributed by atoms with Crippen molar-refractivity contribution in [1.29, 1.82) is 0 Å². The van der Waals surface area contributed by atoms with Crippen LogP contribution in [-0.2, 0) is 16.6 Å². The van der Waals surface area contributed by atoms with E-state index in [0.29, 0.717) is 11.3 Å². The number of amides is 1. The molecule has 0 radical (unpaired) electrons. The summed E-state index contributed by atoms with van der Waals surface area (Å²) in [4.78, 5) is 29.9. The molecule has 0 spiro atoms. The van der Waals surface area contributed by atoms with Gasteiger partial charge in [-0.3, -0.25) is 14.6 Å². The molecular formula is C26H26N2O4. The smallest absolute Gasteiger partial charge is 0.251 e. The SMILES string of the molecule is CNC(=O)c1cccc(-c2ccc(CC(=O)C3(c4ccc5c(c4)OCO5)CC3)nc2C)c1.[HH]. The second-order valence-electron chi connectivity index (χ2n) is 8.35. The fraction of sp³-hybridized carbons (Fsp3) is 0.269. The maximum absolute atomic E-state index is 13.3. The number of carbonyl (C=O) groups excluding carboxylic acids is 2. The van der Waals surface area contributed by atoms with Crippen molar-refractivity contribution in [1.82, 2.24) is 10.3 Å². The van der Waals surface area contributed by atoms with E-state index in [-0.39, 0.29) is 26.3 Å². The molecule has 164 valence electrons. The van der Waals surface area contributed by atoms with Gasteiger partial charge in [0.2, 0.25) is 6.79 Å². The maximum Gasteiger partial charge on any atom is 0.251 e. The summed E-state index contributed by atoms with van der Waals surface area (Å²) >= 11 is 0. The van der Waals surface area contributed by atoms with Gasteiger partial charge in [-0.15, -0.1) is 0 Å². The maximum atomic E-state index is 13.3. The van der Waals surface area contributed by atoms with Gasteiger partial charge in [-0.25, -0.2) is 0 Å². The average Bonchev–Trinajstić information content (AvgIpc) is 3.49. The van der Waals surface area contributed by atoms with Gasteiger partial charge in [0, 0.05) is 37.4 Å². The van der Waals surface area contributed by atoms with E-state index in [9.17, 15) is 9.59 Å². The van der Waals surface area contributed by atoms with E-state index >= 15 is 0 Å². The Bertz CT molecular complexity index is 1240. The number of hydrogen-bond donors (Lipinski definition) is 1. The van der Waals surface area contributed by atoms with Crippen LogP contribution >= 0.6 is 0 Å². The minimum absolute atomic E-state index is 0. The zero-order valence-corrected chi connectivity index (χ0v) is 18.1. The normalized spacial score (nSPS) is 15.3. The number of benzene rings is 2. The minimum Gasteiger partial charge on any atom is -0.454 e. The second kappa shape index (κ2) is 7.79. The number of fused-ring (bicyclic) bond motifs is 1. The molecule has 0 atom stereocenters. The van der Waals surface area contributed by atoms with Crippen LogP contribution < -0.4 is 14.8 Å². The third-order valence-electron chi connectivity index (χ3n) is 6.36. The molecule has 1 amide bonds. The van der Waals surface area contributed by atoms with Crippen LogP contribution in [0.5, 0.6) is 11.5 Å². The summed E-state index contributed by atoms with van der Waals surface area (Å²) in [5, 5.41) is 2.65. The zero-order valence-electron chi connectivity index (χ0n) is 18.1. The van der Waals surface area contributed by atoms with E-state index in [1.165, 1.54) is 0 Å². The first-order valence-corrected chi connectivity index (χ1v) is 10.7. The predicted octanol–water partition coefficient (Wildman–Crippen LogP) is 4.23. The number of nitrogens with one attached hydrogen (secondary N) is 1. The molecule has 0 bridgehead atoms. The third kappa shape index (κ3) is 3.51. The Morgan fingerprint density at radius 1 is 1.06 bits per heavy atom. The summed E-state index contributed by atoms with van der Waals surface area (Å²) in [7, 11) is 1.61. The Labute approximate surface area is 188 Å². The fourth-order valence-corrected chi connectivity index (χ4v) is 4.37. The summed E-state index contributed by atoms with van der Waals surface area (Å²) in [6, 6.07) is 17.1. The van der Waals surface area contributed by atoms with E-state index in [4.69, 9.17) is 14.5 Å². The molecule has 0 unspecified atom stereocenters. The third-order valence-corrected chi connectivity index (χ3v) is 6.36. The Hall–Kier alpha value is -3.67. The molecule has 0 saturated heterocycles. The molecule has 2 heterocycles. The van der Waals surface area contributed by atoms with Gasteiger partial charge in [0.15, 0.2) is 11.5 Å². The number of pyridine rings is 1. The van der Waals surface area contributed by atoms with Crippen LogP contribution in [0.2, 0.25) is 0 Å². The van der Waals surface area contributed by atoms with E-state index in [1.807, 2.05) is 55.5 Å². The molecule has 1 saturated carbocycles. The number of rotatable bonds is 6. The molecule has 5 rings (SSSR count). The highest BCUT2D eigenvalue weighted by atomic mass is 16.7. The van der Waals surface area contributed by atoms with Gasteiger partial charge in [0.1, 0.15) is 5.78 Å². The number of aryl methyl sites for hydroxylation is 1. The number of ketones is 1. The van der Waals surface area contributed by atoms with Crippen LogP contribution in [-0.4, -0.2) is 30.5 Å². The molecule has 6 heteroatoms. The molecule has 2 aromatic carbocycles. The molecule has 1 aliphatic heterocycles. The van der Waals surface area contributed by atoms with Crippen LogP contribution in [0.4, 0.5) is 0 Å². The number of Topliss-reactive ketones (excluding diaryl/α,β-unsaturated/α-hetero) is 1. The van der Waals surface area contributed by atoms with Crippen molar-refractivity contribution in [2.45, 2.75) is 31.6 Å². The lowest BCUT2D eigenvalue weighted by molar-refractivity contribution is -0.120. The molecule has 1 aliphatic carbocycles. The molecule has 32 heavy (non-hydrogen) atoms. The Morgan fingerprint density at radius 2 is 1.88 bits per heavy atom. The quantitative estimate of drug-likeness (QED) is 0.633. The number of aromatic nitrogens is 1. The highest BCUT2D eigenvalue weighted by molar-refractivity contribution is 5.96. The van der Waals surface area contributed by atoms with E-state index in [0.717, 1.165) is 46.7 Å². The van der Waals surface area contributed by atoms with Crippen molar-refractivity contribution in [2.75, 3.05) is 13.8 Å². The molecule has 1 fully saturated rings. The van der Waals surface area contributed by atoms with Crippen molar-refractivity contribution in [2.24, 2.45) is 0 Å². The summed E-state index contributed by atoms with van der Waals surface area (Å²) in [5.41, 5.74) is 4.60. The number of carbonyl (C=O) groups is 2. The molecule has 6 nitrogen and oxygen atoms in total. The van der Waals surface area contributed by atoms with Gasteiger partial charge in [0.05, 0.1) is 5.41 Å².